The second kappa shape index (κ2) is 9.87. The molecule has 5 rings (SSSR count). The number of nitrogens with one attached hydrogen (secondary N) is 1. The van der Waals surface area contributed by atoms with Crippen LogP contribution >= 0.6 is 27.3 Å². The van der Waals surface area contributed by atoms with Gasteiger partial charge in [-0.05, 0) is 42.3 Å². The highest BCUT2D eigenvalue weighted by Gasteiger charge is 2.34. The molecule has 1 aliphatic rings. The molecule has 1 unspecified atom stereocenters. The first kappa shape index (κ1) is 24.8. The summed E-state index contributed by atoms with van der Waals surface area (Å²) in [6.45, 7) is -0.0486. The van der Waals surface area contributed by atoms with Crippen molar-refractivity contribution in [3.05, 3.63) is 80.4 Å². The Hall–Kier alpha value is -3.90. The monoisotopic (exact) mass is 584 g/mol. The summed E-state index contributed by atoms with van der Waals surface area (Å²) in [4.78, 5) is 56.5. The maximum absolute atomic E-state index is 13.3. The van der Waals surface area contributed by atoms with Crippen molar-refractivity contribution in [2.75, 3.05) is 11.4 Å². The van der Waals surface area contributed by atoms with E-state index in [-0.39, 0.29) is 18.0 Å². The van der Waals surface area contributed by atoms with Gasteiger partial charge >= 0.3 is 5.97 Å². The van der Waals surface area contributed by atoms with E-state index in [9.17, 15) is 28.7 Å². The second-order valence-electron chi connectivity index (χ2n) is 8.42. The summed E-state index contributed by atoms with van der Waals surface area (Å²) in [5.41, 5.74) is 1.27. The number of aromatic carboxylic acids is 1. The van der Waals surface area contributed by atoms with Gasteiger partial charge in [0, 0.05) is 27.6 Å². The molecule has 1 atom stereocenters. The van der Waals surface area contributed by atoms with Crippen LogP contribution in [0.2, 0.25) is 0 Å². The van der Waals surface area contributed by atoms with E-state index in [4.69, 9.17) is 0 Å². The van der Waals surface area contributed by atoms with Crippen LogP contribution < -0.4 is 15.8 Å². The number of aromatic nitrogens is 2. The number of thiophene rings is 1. The predicted octanol–water partition coefficient (Wildman–Crippen LogP) is 3.65. The van der Waals surface area contributed by atoms with E-state index in [0.717, 1.165) is 0 Å². The Morgan fingerprint density at radius 1 is 1.19 bits per heavy atom. The first-order valence-electron chi connectivity index (χ1n) is 11.1. The van der Waals surface area contributed by atoms with E-state index in [2.05, 4.69) is 26.2 Å². The number of rotatable bonds is 6. The average Bonchev–Trinajstić information content (AvgIpc) is 3.45. The molecular weight excluding hydrogens is 567 g/mol. The van der Waals surface area contributed by atoms with Crippen LogP contribution in [0.5, 0.6) is 0 Å². The minimum absolute atomic E-state index is 0.0281. The van der Waals surface area contributed by atoms with Crippen molar-refractivity contribution in [2.45, 2.75) is 19.0 Å². The SMILES string of the molecule is O=C(Cn1cnc2scc(-c3ccc(F)cc3)c2c1=O)NC1CCN(c2cc(Br)cc(C(=O)O)c2)C1=O. The average molecular weight is 585 g/mol. The molecule has 2 N–H and O–H groups in total. The molecule has 1 saturated heterocycles. The Morgan fingerprint density at radius 2 is 1.95 bits per heavy atom. The van der Waals surface area contributed by atoms with Crippen molar-refractivity contribution in [1.29, 1.82) is 0 Å². The molecule has 1 fully saturated rings. The normalized spacial score (nSPS) is 15.4. The number of halogens is 2. The molecule has 12 heteroatoms. The third-order valence-electron chi connectivity index (χ3n) is 6.01. The quantitative estimate of drug-likeness (QED) is 0.357. The maximum Gasteiger partial charge on any atom is 0.335 e. The third kappa shape index (κ3) is 4.89. The molecule has 9 nitrogen and oxygen atoms in total. The van der Waals surface area contributed by atoms with Gasteiger partial charge in [0.2, 0.25) is 11.8 Å². The number of amides is 2. The van der Waals surface area contributed by atoms with Gasteiger partial charge in [0.1, 0.15) is 23.2 Å². The number of hydrogen-bond donors (Lipinski definition) is 2. The van der Waals surface area contributed by atoms with Crippen molar-refractivity contribution in [3.8, 4) is 11.1 Å². The summed E-state index contributed by atoms with van der Waals surface area (Å²) in [7, 11) is 0. The molecule has 37 heavy (non-hydrogen) atoms. The van der Waals surface area contributed by atoms with Gasteiger partial charge in [-0.25, -0.2) is 14.2 Å². The van der Waals surface area contributed by atoms with Gasteiger partial charge in [0.15, 0.2) is 0 Å². The number of anilines is 1. The Labute approximate surface area is 221 Å². The standard InChI is InChI=1S/C25H18BrFN4O5S/c26-15-7-14(25(35)36)8-17(9-15)31-6-5-19(23(31)33)29-20(32)10-30-12-28-22-21(24(30)34)18(11-37-22)13-1-3-16(27)4-2-13/h1-4,7-9,11-12,19H,5-6,10H2,(H,29,32)(H,35,36). The highest BCUT2D eigenvalue weighted by Crippen LogP contribution is 2.31. The molecule has 2 amide bonds. The summed E-state index contributed by atoms with van der Waals surface area (Å²) in [5.74, 6) is -2.43. The minimum atomic E-state index is -1.12. The first-order chi connectivity index (χ1) is 17.7. The molecule has 188 valence electrons. The van der Waals surface area contributed by atoms with Crippen LogP contribution in [0.15, 0.2) is 63.4 Å². The molecular formula is C25H18BrFN4O5S. The van der Waals surface area contributed by atoms with Crippen LogP contribution in [0, 0.1) is 5.82 Å². The molecule has 2 aromatic carbocycles. The molecule has 0 saturated carbocycles. The maximum atomic E-state index is 13.3. The molecule has 0 aliphatic carbocycles. The first-order valence-corrected chi connectivity index (χ1v) is 12.8. The van der Waals surface area contributed by atoms with Gasteiger partial charge < -0.3 is 15.3 Å². The van der Waals surface area contributed by atoms with Crippen LogP contribution in [0.1, 0.15) is 16.8 Å². The summed E-state index contributed by atoms with van der Waals surface area (Å²) >= 11 is 4.53. The van der Waals surface area contributed by atoms with E-state index in [1.54, 1.807) is 23.6 Å². The van der Waals surface area contributed by atoms with E-state index < -0.39 is 29.3 Å². The van der Waals surface area contributed by atoms with Crippen LogP contribution in [0.25, 0.3) is 21.3 Å². The number of benzene rings is 2. The van der Waals surface area contributed by atoms with Gasteiger partial charge in [-0.15, -0.1) is 11.3 Å². The van der Waals surface area contributed by atoms with Crippen LogP contribution in [0.4, 0.5) is 10.1 Å². The fourth-order valence-corrected chi connectivity index (χ4v) is 5.63. The van der Waals surface area contributed by atoms with Crippen molar-refractivity contribution in [2.24, 2.45) is 0 Å². The molecule has 1 aliphatic heterocycles. The number of carboxylic acids is 1. The molecule has 2 aromatic heterocycles. The highest BCUT2D eigenvalue weighted by molar-refractivity contribution is 9.10. The number of hydrogen-bond acceptors (Lipinski definition) is 6. The number of fused-ring (bicyclic) bond motifs is 1. The summed E-state index contributed by atoms with van der Waals surface area (Å²) in [6.07, 6.45) is 1.61. The lowest BCUT2D eigenvalue weighted by Crippen LogP contribution is -2.43. The van der Waals surface area contributed by atoms with Gasteiger partial charge in [-0.1, -0.05) is 28.1 Å². The van der Waals surface area contributed by atoms with Crippen LogP contribution in [0.3, 0.4) is 0 Å². The van der Waals surface area contributed by atoms with E-state index in [1.165, 1.54) is 51.4 Å². The number of carboxylic acid groups (broad SMARTS) is 1. The van der Waals surface area contributed by atoms with Crippen LogP contribution in [-0.4, -0.2) is 45.0 Å². The summed E-state index contributed by atoms with van der Waals surface area (Å²) in [5, 5.41) is 14.1. The van der Waals surface area contributed by atoms with Crippen molar-refractivity contribution < 1.29 is 23.9 Å². The van der Waals surface area contributed by atoms with Crippen molar-refractivity contribution in [3.63, 3.8) is 0 Å². The lowest BCUT2D eigenvalue weighted by molar-refractivity contribution is -0.126. The summed E-state index contributed by atoms with van der Waals surface area (Å²) in [6, 6.07) is 9.40. The largest absolute Gasteiger partial charge is 0.478 e. The van der Waals surface area contributed by atoms with Gasteiger partial charge in [0.05, 0.1) is 17.3 Å². The molecule has 0 spiro atoms. The van der Waals surface area contributed by atoms with Gasteiger partial charge in [-0.2, -0.15) is 0 Å². The Bertz CT molecular complexity index is 1620. The van der Waals surface area contributed by atoms with Gasteiger partial charge in [0.25, 0.3) is 5.56 Å². The highest BCUT2D eigenvalue weighted by atomic mass is 79.9. The number of carbonyl (C=O) groups is 3. The van der Waals surface area contributed by atoms with E-state index in [1.807, 2.05) is 0 Å². The smallest absolute Gasteiger partial charge is 0.335 e. The minimum Gasteiger partial charge on any atom is -0.478 e. The second-order valence-corrected chi connectivity index (χ2v) is 10.2. The fourth-order valence-electron chi connectivity index (χ4n) is 4.24. The zero-order valence-corrected chi connectivity index (χ0v) is 21.4. The van der Waals surface area contributed by atoms with E-state index >= 15 is 0 Å². The van der Waals surface area contributed by atoms with E-state index in [0.29, 0.717) is 44.5 Å². The Morgan fingerprint density at radius 3 is 2.68 bits per heavy atom. The predicted molar refractivity (Wildman–Crippen MR) is 139 cm³/mol. The van der Waals surface area contributed by atoms with Crippen molar-refractivity contribution in [1.82, 2.24) is 14.9 Å². The summed E-state index contributed by atoms with van der Waals surface area (Å²) < 4.78 is 15.0. The fraction of sp³-hybridized carbons (Fsp3) is 0.160. The topological polar surface area (TPSA) is 122 Å². The molecule has 3 heterocycles. The molecule has 0 radical (unpaired) electrons. The van der Waals surface area contributed by atoms with Crippen molar-refractivity contribution >= 4 is 61.0 Å². The lowest BCUT2D eigenvalue weighted by Gasteiger charge is -2.18. The molecule has 0 bridgehead atoms. The van der Waals surface area contributed by atoms with Gasteiger partial charge in [-0.3, -0.25) is 19.0 Å². The zero-order chi connectivity index (χ0) is 26.3. The lowest BCUT2D eigenvalue weighted by atomic mass is 10.1. The number of carbonyl (C=O) groups excluding carboxylic acids is 2. The zero-order valence-electron chi connectivity index (χ0n) is 19.0. The third-order valence-corrected chi connectivity index (χ3v) is 7.36. The number of nitrogens with zero attached hydrogens (tertiary/aromatic N) is 3. The Kier molecular flexibility index (Phi) is 6.61. The van der Waals surface area contributed by atoms with Crippen LogP contribution in [-0.2, 0) is 16.1 Å². The molecule has 4 aromatic rings. The Balaban J connectivity index is 1.33.